The number of nitrogens with one attached hydrogen (secondary N) is 1. The Morgan fingerprint density at radius 2 is 1.47 bits per heavy atom. The summed E-state index contributed by atoms with van der Waals surface area (Å²) in [5.41, 5.74) is 6.68. The smallest absolute Gasteiger partial charge is 0.289 e. The van der Waals surface area contributed by atoms with Gasteiger partial charge in [0.25, 0.3) is 5.24 Å². The van der Waals surface area contributed by atoms with E-state index in [1.54, 1.807) is 12.1 Å². The molecule has 1 saturated heterocycles. The van der Waals surface area contributed by atoms with Crippen LogP contribution >= 0.6 is 23.4 Å². The average Bonchev–Trinajstić information content (AvgIpc) is 3.55. The number of aliphatic imine (C=N–C) groups is 1. The largest absolute Gasteiger partial charge is 0.300 e. The Balaban J connectivity index is 1.34. The molecule has 0 atom stereocenters. The predicted molar refractivity (Wildman–Crippen MR) is 157 cm³/mol. The molecule has 1 aliphatic rings. The first kappa shape index (κ1) is 24.0. The quantitative estimate of drug-likeness (QED) is 0.247. The number of hydrogen-bond donors (Lipinski definition) is 1. The number of thioether (sulfide) groups is 1. The Labute approximate surface area is 229 Å². The molecule has 2 heterocycles. The SMILES string of the molecule is O=C1NC(=Nc2ccc(Cl)cc2)C(=Cc2ccc(-n3nc(-c4ccccc4)cc3-c3ccccc3)cc2)S1. The third-order valence-corrected chi connectivity index (χ3v) is 7.08. The van der Waals surface area contributed by atoms with Gasteiger partial charge in [-0.25, -0.2) is 9.67 Å². The molecule has 0 saturated carbocycles. The molecular weight excluding hydrogens is 512 g/mol. The lowest BCUT2D eigenvalue weighted by molar-refractivity contribution is 0.265. The second-order valence-electron chi connectivity index (χ2n) is 8.61. The summed E-state index contributed by atoms with van der Waals surface area (Å²) in [6.45, 7) is 0. The van der Waals surface area contributed by atoms with Crippen molar-refractivity contribution in [3.8, 4) is 28.2 Å². The van der Waals surface area contributed by atoms with Crippen molar-refractivity contribution in [3.05, 3.63) is 131 Å². The summed E-state index contributed by atoms with van der Waals surface area (Å²) in [5.74, 6) is 0.525. The van der Waals surface area contributed by atoms with Crippen molar-refractivity contribution in [3.63, 3.8) is 0 Å². The van der Waals surface area contributed by atoms with Crippen LogP contribution in [0.4, 0.5) is 10.5 Å². The first-order valence-electron chi connectivity index (χ1n) is 12.0. The molecule has 1 N–H and O–H groups in total. The average molecular weight is 533 g/mol. The molecule has 1 aromatic heterocycles. The van der Waals surface area contributed by atoms with Crippen molar-refractivity contribution in [2.75, 3.05) is 0 Å². The van der Waals surface area contributed by atoms with Crippen molar-refractivity contribution < 1.29 is 4.79 Å². The maximum absolute atomic E-state index is 12.1. The van der Waals surface area contributed by atoms with Crippen LogP contribution in [-0.4, -0.2) is 20.9 Å². The van der Waals surface area contributed by atoms with Crippen molar-refractivity contribution in [1.29, 1.82) is 0 Å². The van der Waals surface area contributed by atoms with Gasteiger partial charge in [-0.3, -0.25) is 4.79 Å². The van der Waals surface area contributed by atoms with E-state index in [0.29, 0.717) is 10.9 Å². The van der Waals surface area contributed by atoms with Gasteiger partial charge in [-0.1, -0.05) is 84.4 Å². The second-order valence-corrected chi connectivity index (χ2v) is 10.1. The molecule has 1 fully saturated rings. The van der Waals surface area contributed by atoms with E-state index < -0.39 is 0 Å². The first-order chi connectivity index (χ1) is 18.6. The summed E-state index contributed by atoms with van der Waals surface area (Å²) in [4.78, 5) is 17.5. The maximum Gasteiger partial charge on any atom is 0.289 e. The Kier molecular flexibility index (Phi) is 6.65. The number of amides is 1. The minimum Gasteiger partial charge on any atom is -0.300 e. The van der Waals surface area contributed by atoms with Crippen LogP contribution < -0.4 is 5.32 Å². The number of carbonyl (C=O) groups is 1. The molecule has 5 nitrogen and oxygen atoms in total. The van der Waals surface area contributed by atoms with E-state index in [-0.39, 0.29) is 5.24 Å². The molecule has 7 heteroatoms. The summed E-state index contributed by atoms with van der Waals surface area (Å²) in [7, 11) is 0. The number of halogens is 1. The third kappa shape index (κ3) is 5.18. The van der Waals surface area contributed by atoms with Gasteiger partial charge in [0.15, 0.2) is 0 Å². The lowest BCUT2D eigenvalue weighted by Crippen LogP contribution is -2.18. The number of benzene rings is 4. The minimum atomic E-state index is -0.155. The summed E-state index contributed by atoms with van der Waals surface area (Å²) in [6.07, 6.45) is 1.96. The topological polar surface area (TPSA) is 59.3 Å². The van der Waals surface area contributed by atoms with Crippen molar-refractivity contribution in [2.24, 2.45) is 4.99 Å². The molecule has 0 radical (unpaired) electrons. The minimum absolute atomic E-state index is 0.155. The van der Waals surface area contributed by atoms with E-state index in [4.69, 9.17) is 16.7 Å². The zero-order valence-corrected chi connectivity index (χ0v) is 21.7. The van der Waals surface area contributed by atoms with Gasteiger partial charge in [-0.05, 0) is 65.9 Å². The molecule has 1 aliphatic heterocycles. The van der Waals surface area contributed by atoms with E-state index in [2.05, 4.69) is 40.6 Å². The summed E-state index contributed by atoms with van der Waals surface area (Å²) < 4.78 is 1.97. The molecule has 184 valence electrons. The van der Waals surface area contributed by atoms with Gasteiger partial charge < -0.3 is 5.32 Å². The van der Waals surface area contributed by atoms with Gasteiger partial charge in [-0.2, -0.15) is 5.10 Å². The fraction of sp³-hybridized carbons (Fsp3) is 0. The molecular formula is C31H21ClN4OS. The Bertz CT molecular complexity index is 1660. The van der Waals surface area contributed by atoms with Crippen LogP contribution in [0.5, 0.6) is 0 Å². The molecule has 0 unspecified atom stereocenters. The van der Waals surface area contributed by atoms with Crippen LogP contribution in [0.3, 0.4) is 0 Å². The van der Waals surface area contributed by atoms with Gasteiger partial charge in [0, 0.05) is 16.1 Å². The third-order valence-electron chi connectivity index (χ3n) is 6.01. The number of aromatic nitrogens is 2. The molecule has 0 aliphatic carbocycles. The van der Waals surface area contributed by atoms with E-state index in [9.17, 15) is 4.79 Å². The summed E-state index contributed by atoms with van der Waals surface area (Å²) >= 11 is 7.11. The number of nitrogens with zero attached hydrogens (tertiary/aromatic N) is 3. The van der Waals surface area contributed by atoms with Crippen molar-refractivity contribution in [1.82, 2.24) is 15.1 Å². The van der Waals surface area contributed by atoms with E-state index in [1.807, 2.05) is 83.6 Å². The highest BCUT2D eigenvalue weighted by molar-refractivity contribution is 8.18. The normalized spacial score (nSPS) is 15.2. The number of amidine groups is 1. The summed E-state index contributed by atoms with van der Waals surface area (Å²) in [6, 6.07) is 37.8. The van der Waals surface area contributed by atoms with Crippen LogP contribution in [0.2, 0.25) is 5.02 Å². The molecule has 1 amide bonds. The molecule has 4 aromatic carbocycles. The predicted octanol–water partition coefficient (Wildman–Crippen LogP) is 8.39. The van der Waals surface area contributed by atoms with Crippen LogP contribution in [-0.2, 0) is 0 Å². The molecule has 6 rings (SSSR count). The van der Waals surface area contributed by atoms with Gasteiger partial charge in [-0.15, -0.1) is 0 Å². The highest BCUT2D eigenvalue weighted by Gasteiger charge is 2.23. The Hall–Kier alpha value is -4.39. The molecule has 0 spiro atoms. The standard InChI is InChI=1S/C31H21ClN4OS/c32-24-13-15-25(16-14-24)33-30-29(38-31(37)34-30)19-21-11-17-26(18-12-21)36-28(23-9-5-2-6-10-23)20-27(35-36)22-7-3-1-4-8-22/h1-20H,(H,33,34,37). The van der Waals surface area contributed by atoms with Crippen molar-refractivity contribution >= 4 is 46.2 Å². The van der Waals surface area contributed by atoms with Gasteiger partial charge in [0.1, 0.15) is 5.84 Å². The zero-order valence-electron chi connectivity index (χ0n) is 20.1. The van der Waals surface area contributed by atoms with E-state index >= 15 is 0 Å². The number of carbonyl (C=O) groups excluding carboxylic acids is 1. The van der Waals surface area contributed by atoms with Gasteiger partial charge in [0.2, 0.25) is 0 Å². The zero-order chi connectivity index (χ0) is 25.9. The van der Waals surface area contributed by atoms with Crippen LogP contribution in [0.15, 0.2) is 125 Å². The lowest BCUT2D eigenvalue weighted by Gasteiger charge is -2.08. The van der Waals surface area contributed by atoms with Gasteiger partial charge >= 0.3 is 0 Å². The monoisotopic (exact) mass is 532 g/mol. The Morgan fingerprint density at radius 1 is 0.816 bits per heavy atom. The maximum atomic E-state index is 12.1. The molecule has 0 bridgehead atoms. The van der Waals surface area contributed by atoms with Crippen LogP contribution in [0.1, 0.15) is 5.56 Å². The fourth-order valence-electron chi connectivity index (χ4n) is 4.16. The van der Waals surface area contributed by atoms with Gasteiger partial charge in [0.05, 0.1) is 27.7 Å². The van der Waals surface area contributed by atoms with Crippen LogP contribution in [0, 0.1) is 0 Å². The highest BCUT2D eigenvalue weighted by atomic mass is 35.5. The first-order valence-corrected chi connectivity index (χ1v) is 13.2. The fourth-order valence-corrected chi connectivity index (χ4v) is 5.02. The second kappa shape index (κ2) is 10.5. The molecule has 38 heavy (non-hydrogen) atoms. The van der Waals surface area contributed by atoms with Crippen molar-refractivity contribution in [2.45, 2.75) is 0 Å². The van der Waals surface area contributed by atoms with Crippen LogP contribution in [0.25, 0.3) is 34.3 Å². The Morgan fingerprint density at radius 3 is 2.16 bits per heavy atom. The lowest BCUT2D eigenvalue weighted by atomic mass is 10.1. The molecule has 5 aromatic rings. The van der Waals surface area contributed by atoms with E-state index in [0.717, 1.165) is 56.1 Å². The highest BCUT2D eigenvalue weighted by Crippen LogP contribution is 2.31. The summed E-state index contributed by atoms with van der Waals surface area (Å²) in [5, 5.41) is 8.26. The number of rotatable bonds is 5. The number of hydrogen-bond acceptors (Lipinski definition) is 4. The van der Waals surface area contributed by atoms with E-state index in [1.165, 1.54) is 0 Å².